The standard InChI is InChI=1S/C14H15NO/c1-10-6-7-13(14(15)8-10)11-4-3-5-12(9-11)16-2/h3-9H,15H2,1-2H3. The van der Waals surface area contributed by atoms with E-state index in [0.29, 0.717) is 0 Å². The molecule has 0 amide bonds. The maximum Gasteiger partial charge on any atom is 0.119 e. The van der Waals surface area contributed by atoms with Gasteiger partial charge >= 0.3 is 0 Å². The van der Waals surface area contributed by atoms with Crippen LogP contribution in [0.4, 0.5) is 5.69 Å². The molecular formula is C14H15NO. The summed E-state index contributed by atoms with van der Waals surface area (Å²) in [5.74, 6) is 0.845. The SMILES string of the molecule is COc1cccc(-c2ccc(C)cc2N)c1. The Bertz CT molecular complexity index is 506. The van der Waals surface area contributed by atoms with E-state index in [9.17, 15) is 0 Å². The molecule has 0 aromatic heterocycles. The van der Waals surface area contributed by atoms with Crippen molar-refractivity contribution in [1.82, 2.24) is 0 Å². The fourth-order valence-corrected chi connectivity index (χ4v) is 1.74. The number of ether oxygens (including phenoxy) is 1. The molecule has 0 atom stereocenters. The molecule has 0 aliphatic heterocycles. The summed E-state index contributed by atoms with van der Waals surface area (Å²) in [6, 6.07) is 14.0. The second-order valence-corrected chi connectivity index (χ2v) is 3.82. The summed E-state index contributed by atoms with van der Waals surface area (Å²) in [5.41, 5.74) is 10.1. The second-order valence-electron chi connectivity index (χ2n) is 3.82. The Kier molecular flexibility index (Phi) is 2.82. The Morgan fingerprint density at radius 3 is 2.56 bits per heavy atom. The third-order valence-corrected chi connectivity index (χ3v) is 2.59. The molecule has 0 saturated carbocycles. The minimum atomic E-state index is 0.799. The van der Waals surface area contributed by atoms with Crippen molar-refractivity contribution in [2.24, 2.45) is 0 Å². The van der Waals surface area contributed by atoms with Crippen molar-refractivity contribution in [2.75, 3.05) is 12.8 Å². The lowest BCUT2D eigenvalue weighted by Gasteiger charge is -2.08. The third-order valence-electron chi connectivity index (χ3n) is 2.59. The van der Waals surface area contributed by atoms with E-state index in [4.69, 9.17) is 10.5 Å². The molecule has 0 radical (unpaired) electrons. The van der Waals surface area contributed by atoms with Crippen LogP contribution in [0.3, 0.4) is 0 Å². The minimum Gasteiger partial charge on any atom is -0.497 e. The van der Waals surface area contributed by atoms with Gasteiger partial charge < -0.3 is 10.5 Å². The third kappa shape index (κ3) is 2.01. The van der Waals surface area contributed by atoms with Crippen LogP contribution in [0.2, 0.25) is 0 Å². The molecule has 0 aliphatic rings. The highest BCUT2D eigenvalue weighted by atomic mass is 16.5. The van der Waals surface area contributed by atoms with Gasteiger partial charge in [-0.1, -0.05) is 24.3 Å². The van der Waals surface area contributed by atoms with Crippen molar-refractivity contribution in [3.05, 3.63) is 48.0 Å². The molecule has 2 nitrogen and oxygen atoms in total. The van der Waals surface area contributed by atoms with E-state index >= 15 is 0 Å². The number of methoxy groups -OCH3 is 1. The lowest BCUT2D eigenvalue weighted by molar-refractivity contribution is 0.415. The lowest BCUT2D eigenvalue weighted by atomic mass is 10.0. The van der Waals surface area contributed by atoms with Gasteiger partial charge in [-0.3, -0.25) is 0 Å². The largest absolute Gasteiger partial charge is 0.497 e. The fourth-order valence-electron chi connectivity index (χ4n) is 1.74. The van der Waals surface area contributed by atoms with Crippen LogP contribution >= 0.6 is 0 Å². The van der Waals surface area contributed by atoms with Gasteiger partial charge in [0.05, 0.1) is 7.11 Å². The van der Waals surface area contributed by atoms with Crippen LogP contribution in [-0.4, -0.2) is 7.11 Å². The average molecular weight is 213 g/mol. The first-order valence-corrected chi connectivity index (χ1v) is 5.21. The number of nitrogens with two attached hydrogens (primary N) is 1. The highest BCUT2D eigenvalue weighted by Gasteiger charge is 2.03. The van der Waals surface area contributed by atoms with E-state index in [1.165, 1.54) is 5.56 Å². The summed E-state index contributed by atoms with van der Waals surface area (Å²) in [4.78, 5) is 0. The fraction of sp³-hybridized carbons (Fsp3) is 0.143. The van der Waals surface area contributed by atoms with Crippen molar-refractivity contribution in [3.8, 4) is 16.9 Å². The zero-order valence-electron chi connectivity index (χ0n) is 9.53. The maximum absolute atomic E-state index is 6.00. The van der Waals surface area contributed by atoms with Crippen molar-refractivity contribution in [3.63, 3.8) is 0 Å². The van der Waals surface area contributed by atoms with Crippen LogP contribution in [0.5, 0.6) is 5.75 Å². The van der Waals surface area contributed by atoms with Gasteiger partial charge in [-0.2, -0.15) is 0 Å². The van der Waals surface area contributed by atoms with Gasteiger partial charge in [0.1, 0.15) is 5.75 Å². The van der Waals surface area contributed by atoms with Crippen LogP contribution in [0.15, 0.2) is 42.5 Å². The van der Waals surface area contributed by atoms with Gasteiger partial charge in [-0.05, 0) is 36.2 Å². The minimum absolute atomic E-state index is 0.799. The number of anilines is 1. The molecule has 2 aromatic carbocycles. The zero-order valence-corrected chi connectivity index (χ0v) is 9.53. The normalized spacial score (nSPS) is 10.1. The molecule has 2 aromatic rings. The number of rotatable bonds is 2. The number of aryl methyl sites for hydroxylation is 1. The Morgan fingerprint density at radius 1 is 1.06 bits per heavy atom. The molecule has 2 heteroatoms. The number of hydrogen-bond acceptors (Lipinski definition) is 2. The number of benzene rings is 2. The van der Waals surface area contributed by atoms with E-state index in [-0.39, 0.29) is 0 Å². The maximum atomic E-state index is 6.00. The molecule has 0 fully saturated rings. The molecular weight excluding hydrogens is 198 g/mol. The summed E-state index contributed by atoms with van der Waals surface area (Å²) in [7, 11) is 1.66. The highest BCUT2D eigenvalue weighted by Crippen LogP contribution is 2.29. The van der Waals surface area contributed by atoms with Crippen LogP contribution < -0.4 is 10.5 Å². The first-order chi connectivity index (χ1) is 7.70. The summed E-state index contributed by atoms with van der Waals surface area (Å²) < 4.78 is 5.20. The number of hydrogen-bond donors (Lipinski definition) is 1. The average Bonchev–Trinajstić information content (AvgIpc) is 2.29. The first-order valence-electron chi connectivity index (χ1n) is 5.21. The molecule has 0 saturated heterocycles. The smallest absolute Gasteiger partial charge is 0.119 e. The molecule has 16 heavy (non-hydrogen) atoms. The molecule has 82 valence electrons. The van der Waals surface area contributed by atoms with E-state index < -0.39 is 0 Å². The second kappa shape index (κ2) is 4.27. The lowest BCUT2D eigenvalue weighted by Crippen LogP contribution is -1.91. The van der Waals surface area contributed by atoms with E-state index in [0.717, 1.165) is 22.6 Å². The predicted octanol–water partition coefficient (Wildman–Crippen LogP) is 3.25. The van der Waals surface area contributed by atoms with E-state index in [1.54, 1.807) is 7.11 Å². The van der Waals surface area contributed by atoms with Crippen molar-refractivity contribution in [1.29, 1.82) is 0 Å². The van der Waals surface area contributed by atoms with Crippen LogP contribution in [0.25, 0.3) is 11.1 Å². The van der Waals surface area contributed by atoms with Crippen molar-refractivity contribution in [2.45, 2.75) is 6.92 Å². The molecule has 2 rings (SSSR count). The Balaban J connectivity index is 2.49. The number of nitrogen functional groups attached to an aromatic ring is 1. The predicted molar refractivity (Wildman–Crippen MR) is 67.6 cm³/mol. The van der Waals surface area contributed by atoms with Crippen LogP contribution in [-0.2, 0) is 0 Å². The topological polar surface area (TPSA) is 35.2 Å². The molecule has 0 spiro atoms. The van der Waals surface area contributed by atoms with Crippen LogP contribution in [0, 0.1) is 6.92 Å². The van der Waals surface area contributed by atoms with Crippen molar-refractivity contribution < 1.29 is 4.74 Å². The highest BCUT2D eigenvalue weighted by molar-refractivity contribution is 5.77. The molecule has 2 N–H and O–H groups in total. The molecule has 0 aliphatic carbocycles. The van der Waals surface area contributed by atoms with Crippen molar-refractivity contribution >= 4 is 5.69 Å². The molecule has 0 bridgehead atoms. The van der Waals surface area contributed by atoms with Gasteiger partial charge in [-0.25, -0.2) is 0 Å². The quantitative estimate of drug-likeness (QED) is 0.777. The molecule has 0 unspecified atom stereocenters. The summed E-state index contributed by atoms with van der Waals surface area (Å²) in [5, 5.41) is 0. The molecule has 0 heterocycles. The zero-order chi connectivity index (χ0) is 11.5. The Hall–Kier alpha value is -1.96. The van der Waals surface area contributed by atoms with E-state index in [1.807, 2.05) is 43.3 Å². The first kappa shape index (κ1) is 10.6. The monoisotopic (exact) mass is 213 g/mol. The van der Waals surface area contributed by atoms with E-state index in [2.05, 4.69) is 6.07 Å². The summed E-state index contributed by atoms with van der Waals surface area (Å²) in [6.07, 6.45) is 0. The summed E-state index contributed by atoms with van der Waals surface area (Å²) >= 11 is 0. The van der Waals surface area contributed by atoms with Crippen LogP contribution in [0.1, 0.15) is 5.56 Å². The van der Waals surface area contributed by atoms with Gasteiger partial charge in [0.25, 0.3) is 0 Å². The van der Waals surface area contributed by atoms with Gasteiger partial charge in [0.2, 0.25) is 0 Å². The van der Waals surface area contributed by atoms with Gasteiger partial charge in [0.15, 0.2) is 0 Å². The Labute approximate surface area is 95.7 Å². The Morgan fingerprint density at radius 2 is 1.88 bits per heavy atom. The van der Waals surface area contributed by atoms with Gasteiger partial charge in [-0.15, -0.1) is 0 Å². The van der Waals surface area contributed by atoms with Gasteiger partial charge in [0, 0.05) is 11.3 Å². The summed E-state index contributed by atoms with van der Waals surface area (Å²) in [6.45, 7) is 2.03.